The van der Waals surface area contributed by atoms with Crippen LogP contribution in [0.3, 0.4) is 0 Å². The lowest BCUT2D eigenvalue weighted by atomic mass is 9.76. The molecule has 6 heteroatoms. The first-order chi connectivity index (χ1) is 9.81. The van der Waals surface area contributed by atoms with Crippen LogP contribution in [-0.4, -0.2) is 39.6 Å². The van der Waals surface area contributed by atoms with Crippen LogP contribution in [0.1, 0.15) is 32.4 Å². The molecule has 1 atom stereocenters. The smallest absolute Gasteiger partial charge is 0.327 e. The Balaban J connectivity index is 2.16. The average molecular weight is 291 g/mol. The predicted molar refractivity (Wildman–Crippen MR) is 79.1 cm³/mol. The van der Waals surface area contributed by atoms with Crippen LogP contribution < -0.4 is 5.32 Å². The minimum atomic E-state index is -0.961. The lowest BCUT2D eigenvalue weighted by Crippen LogP contribution is -2.57. The Morgan fingerprint density at radius 3 is 2.71 bits per heavy atom. The molecule has 1 saturated heterocycles. The summed E-state index contributed by atoms with van der Waals surface area (Å²) in [5.41, 5.74) is 0.987. The molecular formula is C15H21N3O3. The summed E-state index contributed by atoms with van der Waals surface area (Å²) in [4.78, 5) is 29.4. The lowest BCUT2D eigenvalue weighted by Gasteiger charge is -2.43. The van der Waals surface area contributed by atoms with Crippen LogP contribution >= 0.6 is 0 Å². The fourth-order valence-corrected chi connectivity index (χ4v) is 2.82. The van der Waals surface area contributed by atoms with Gasteiger partial charge in [-0.1, -0.05) is 13.8 Å². The molecule has 2 heterocycles. The Hall–Kier alpha value is -2.11. The first-order valence-electron chi connectivity index (χ1n) is 7.04. The number of urea groups is 1. The summed E-state index contributed by atoms with van der Waals surface area (Å²) < 4.78 is 0. The third-order valence-electron chi connectivity index (χ3n) is 3.93. The van der Waals surface area contributed by atoms with Crippen molar-refractivity contribution in [3.63, 3.8) is 0 Å². The summed E-state index contributed by atoms with van der Waals surface area (Å²) in [5.74, 6) is -0.961. The van der Waals surface area contributed by atoms with Gasteiger partial charge < -0.3 is 15.3 Å². The number of amides is 2. The van der Waals surface area contributed by atoms with Crippen LogP contribution in [-0.2, 0) is 4.79 Å². The number of hydrogen-bond acceptors (Lipinski definition) is 3. The quantitative estimate of drug-likeness (QED) is 0.877. The van der Waals surface area contributed by atoms with Gasteiger partial charge in [0.15, 0.2) is 0 Å². The molecule has 2 N–H and O–H groups in total. The average Bonchev–Trinajstić information content (AvgIpc) is 2.39. The van der Waals surface area contributed by atoms with Gasteiger partial charge in [-0.15, -0.1) is 0 Å². The van der Waals surface area contributed by atoms with E-state index in [1.165, 1.54) is 4.90 Å². The number of hydrogen-bond donors (Lipinski definition) is 2. The molecule has 1 aliphatic rings. The van der Waals surface area contributed by atoms with Crippen LogP contribution in [0.15, 0.2) is 18.3 Å². The number of nitrogens with zero attached hydrogens (tertiary/aromatic N) is 2. The number of carboxylic acid groups (broad SMARTS) is 1. The minimum Gasteiger partial charge on any atom is -0.480 e. The zero-order valence-electron chi connectivity index (χ0n) is 12.6. The number of anilines is 1. The van der Waals surface area contributed by atoms with Crippen molar-refractivity contribution in [2.75, 3.05) is 11.9 Å². The number of nitrogens with one attached hydrogen (secondary N) is 1. The SMILES string of the molecule is Cc1ccc(NC(=O)N2CCCC(C)(C)C2C(=O)O)cn1. The van der Waals surface area contributed by atoms with Gasteiger partial charge >= 0.3 is 12.0 Å². The van der Waals surface area contributed by atoms with Gasteiger partial charge in [-0.05, 0) is 37.3 Å². The molecule has 1 unspecified atom stereocenters. The molecule has 114 valence electrons. The molecule has 0 aromatic carbocycles. The number of carbonyl (C=O) groups excluding carboxylic acids is 1. The molecule has 1 aromatic heterocycles. The van der Waals surface area contributed by atoms with E-state index in [0.717, 1.165) is 18.5 Å². The van der Waals surface area contributed by atoms with Gasteiger partial charge in [-0.25, -0.2) is 9.59 Å². The highest BCUT2D eigenvalue weighted by Gasteiger charge is 2.44. The number of carbonyl (C=O) groups is 2. The van der Waals surface area contributed by atoms with Crippen LogP contribution in [0.5, 0.6) is 0 Å². The minimum absolute atomic E-state index is 0.388. The zero-order chi connectivity index (χ0) is 15.6. The molecular weight excluding hydrogens is 270 g/mol. The maximum atomic E-state index is 12.4. The van der Waals surface area contributed by atoms with E-state index in [4.69, 9.17) is 0 Å². The van der Waals surface area contributed by atoms with Crippen LogP contribution in [0.4, 0.5) is 10.5 Å². The van der Waals surface area contributed by atoms with Gasteiger partial charge in [0, 0.05) is 12.2 Å². The van der Waals surface area contributed by atoms with Crippen molar-refractivity contribution >= 4 is 17.7 Å². The number of rotatable bonds is 2. The summed E-state index contributed by atoms with van der Waals surface area (Å²) in [5, 5.41) is 12.2. The van der Waals surface area contributed by atoms with Crippen molar-refractivity contribution in [2.45, 2.75) is 39.7 Å². The maximum Gasteiger partial charge on any atom is 0.327 e. The number of likely N-dealkylation sites (tertiary alicyclic amines) is 1. The Morgan fingerprint density at radius 1 is 1.43 bits per heavy atom. The summed E-state index contributed by atoms with van der Waals surface area (Å²) in [6.45, 7) is 6.09. The van der Waals surface area contributed by atoms with E-state index in [2.05, 4.69) is 10.3 Å². The number of piperidine rings is 1. The highest BCUT2D eigenvalue weighted by Crippen LogP contribution is 2.35. The van der Waals surface area contributed by atoms with Gasteiger partial charge in [0.25, 0.3) is 0 Å². The molecule has 1 fully saturated rings. The standard InChI is InChI=1S/C15H21N3O3/c1-10-5-6-11(9-16-10)17-14(21)18-8-4-7-15(2,3)12(18)13(19)20/h5-6,9,12H,4,7-8H2,1-3H3,(H,17,21)(H,19,20). The number of aryl methyl sites for hydroxylation is 1. The largest absolute Gasteiger partial charge is 0.480 e. The fraction of sp³-hybridized carbons (Fsp3) is 0.533. The van der Waals surface area contributed by atoms with Crippen molar-refractivity contribution in [1.29, 1.82) is 0 Å². The number of pyridine rings is 1. The maximum absolute atomic E-state index is 12.4. The first-order valence-corrected chi connectivity index (χ1v) is 7.04. The molecule has 1 aliphatic heterocycles. The summed E-state index contributed by atoms with van der Waals surface area (Å²) >= 11 is 0. The molecule has 0 aliphatic carbocycles. The highest BCUT2D eigenvalue weighted by molar-refractivity contribution is 5.92. The van der Waals surface area contributed by atoms with Gasteiger partial charge in [-0.2, -0.15) is 0 Å². The van der Waals surface area contributed by atoms with E-state index < -0.39 is 17.4 Å². The van der Waals surface area contributed by atoms with E-state index in [-0.39, 0.29) is 6.03 Å². The lowest BCUT2D eigenvalue weighted by molar-refractivity contribution is -0.148. The molecule has 1 aromatic rings. The second-order valence-corrected chi connectivity index (χ2v) is 6.14. The Bertz CT molecular complexity index is 540. The van der Waals surface area contributed by atoms with E-state index in [9.17, 15) is 14.7 Å². The van der Waals surface area contributed by atoms with Gasteiger partial charge in [-0.3, -0.25) is 4.98 Å². The fourth-order valence-electron chi connectivity index (χ4n) is 2.82. The summed E-state index contributed by atoms with van der Waals surface area (Å²) in [6, 6.07) is 2.35. The second-order valence-electron chi connectivity index (χ2n) is 6.14. The normalized spacial score (nSPS) is 20.9. The van der Waals surface area contributed by atoms with Crippen molar-refractivity contribution in [3.8, 4) is 0 Å². The van der Waals surface area contributed by atoms with Gasteiger partial charge in [0.1, 0.15) is 6.04 Å². The van der Waals surface area contributed by atoms with Crippen molar-refractivity contribution in [1.82, 2.24) is 9.88 Å². The van der Waals surface area contributed by atoms with E-state index in [0.29, 0.717) is 12.2 Å². The Kier molecular flexibility index (Phi) is 4.16. The molecule has 6 nitrogen and oxygen atoms in total. The number of carboxylic acids is 1. The molecule has 2 amide bonds. The van der Waals surface area contributed by atoms with E-state index in [1.807, 2.05) is 20.8 Å². The monoisotopic (exact) mass is 291 g/mol. The Labute approximate surface area is 124 Å². The van der Waals surface area contributed by atoms with Crippen molar-refractivity contribution in [3.05, 3.63) is 24.0 Å². The molecule has 0 saturated carbocycles. The zero-order valence-corrected chi connectivity index (χ0v) is 12.6. The van der Waals surface area contributed by atoms with Gasteiger partial charge in [0.2, 0.25) is 0 Å². The first kappa shape index (κ1) is 15.3. The number of aliphatic carboxylic acids is 1. The van der Waals surface area contributed by atoms with Crippen molar-refractivity contribution < 1.29 is 14.7 Å². The van der Waals surface area contributed by atoms with Crippen LogP contribution in [0.25, 0.3) is 0 Å². The highest BCUT2D eigenvalue weighted by atomic mass is 16.4. The third kappa shape index (κ3) is 3.32. The van der Waals surface area contributed by atoms with Crippen molar-refractivity contribution in [2.24, 2.45) is 5.41 Å². The molecule has 0 bridgehead atoms. The Morgan fingerprint density at radius 2 is 2.14 bits per heavy atom. The summed E-state index contributed by atoms with van der Waals surface area (Å²) in [7, 11) is 0. The molecule has 2 rings (SSSR count). The molecule has 0 spiro atoms. The second kappa shape index (κ2) is 5.71. The van der Waals surface area contributed by atoms with Gasteiger partial charge in [0.05, 0.1) is 11.9 Å². The third-order valence-corrected chi connectivity index (χ3v) is 3.93. The van der Waals surface area contributed by atoms with Crippen LogP contribution in [0, 0.1) is 12.3 Å². The van der Waals surface area contributed by atoms with E-state index >= 15 is 0 Å². The predicted octanol–water partition coefficient (Wildman–Crippen LogP) is 2.50. The van der Waals surface area contributed by atoms with E-state index in [1.54, 1.807) is 18.3 Å². The molecule has 21 heavy (non-hydrogen) atoms. The number of aromatic nitrogens is 1. The summed E-state index contributed by atoms with van der Waals surface area (Å²) in [6.07, 6.45) is 3.16. The molecule has 0 radical (unpaired) electrons. The van der Waals surface area contributed by atoms with Crippen LogP contribution in [0.2, 0.25) is 0 Å². The topological polar surface area (TPSA) is 82.5 Å².